The molecule has 5 nitrogen and oxygen atoms in total. The lowest BCUT2D eigenvalue weighted by atomic mass is 9.95. The van der Waals surface area contributed by atoms with Crippen LogP contribution in [0.2, 0.25) is 0 Å². The van der Waals surface area contributed by atoms with Gasteiger partial charge in [-0.25, -0.2) is 9.97 Å². The molecule has 0 unspecified atom stereocenters. The number of furan rings is 1. The maximum atomic E-state index is 6.62. The molecule has 5 aromatic heterocycles. The van der Waals surface area contributed by atoms with Crippen LogP contribution in [0.25, 0.3) is 141 Å². The van der Waals surface area contributed by atoms with Crippen molar-refractivity contribution in [1.82, 2.24) is 19.1 Å². The van der Waals surface area contributed by atoms with Crippen molar-refractivity contribution >= 4 is 119 Å². The molecule has 15 rings (SSSR count). The monoisotopic (exact) mass is 780 g/mol. The Bertz CT molecular complexity index is 4240. The van der Waals surface area contributed by atoms with Crippen LogP contribution < -0.4 is 0 Å². The molecule has 9 aromatic carbocycles. The number of nitrogens with zero attached hydrogens (tertiary/aromatic N) is 4. The summed E-state index contributed by atoms with van der Waals surface area (Å²) in [5, 5.41) is 14.2. The van der Waals surface area contributed by atoms with Gasteiger partial charge in [0.05, 0.1) is 27.8 Å². The van der Waals surface area contributed by atoms with Crippen LogP contribution in [0, 0.1) is 0 Å². The second kappa shape index (κ2) is 11.0. The fourth-order valence-corrected chi connectivity index (χ4v) is 11.7. The van der Waals surface area contributed by atoms with E-state index in [-0.39, 0.29) is 0 Å². The van der Waals surface area contributed by atoms with Gasteiger partial charge >= 0.3 is 0 Å². The fraction of sp³-hybridized carbons (Fsp3) is 0. The van der Waals surface area contributed by atoms with Gasteiger partial charge in [-0.1, -0.05) is 109 Å². The molecule has 0 radical (unpaired) electrons. The van der Waals surface area contributed by atoms with E-state index in [4.69, 9.17) is 14.4 Å². The second-order valence-electron chi connectivity index (χ2n) is 16.1. The second-order valence-corrected chi connectivity index (χ2v) is 17.1. The smallest absolute Gasteiger partial charge is 0.236 e. The molecule has 6 heteroatoms. The Balaban J connectivity index is 1.11. The highest BCUT2D eigenvalue weighted by atomic mass is 32.1. The van der Waals surface area contributed by atoms with Gasteiger partial charge in [0.15, 0.2) is 0 Å². The van der Waals surface area contributed by atoms with Gasteiger partial charge in [0.2, 0.25) is 5.95 Å². The van der Waals surface area contributed by atoms with E-state index in [1.165, 1.54) is 69.7 Å². The molecule has 0 saturated heterocycles. The molecule has 0 atom stereocenters. The van der Waals surface area contributed by atoms with E-state index in [0.29, 0.717) is 5.95 Å². The predicted molar refractivity (Wildman–Crippen MR) is 250 cm³/mol. The number of thiophene rings is 1. The van der Waals surface area contributed by atoms with Crippen molar-refractivity contribution in [2.45, 2.75) is 0 Å². The minimum absolute atomic E-state index is 0.654. The van der Waals surface area contributed by atoms with Crippen LogP contribution in [0.4, 0.5) is 0 Å². The third kappa shape index (κ3) is 3.83. The highest BCUT2D eigenvalue weighted by molar-refractivity contribution is 7.25. The molecule has 14 aromatic rings. The van der Waals surface area contributed by atoms with Crippen molar-refractivity contribution in [3.05, 3.63) is 170 Å². The van der Waals surface area contributed by atoms with E-state index in [1.54, 1.807) is 11.3 Å². The topological polar surface area (TPSA) is 48.8 Å². The lowest BCUT2D eigenvalue weighted by Crippen LogP contribution is -2.03. The molecule has 60 heavy (non-hydrogen) atoms. The molecular weight excluding hydrogens is 753 g/mol. The Morgan fingerprint density at radius 1 is 0.400 bits per heavy atom. The van der Waals surface area contributed by atoms with Crippen molar-refractivity contribution in [3.8, 4) is 34.0 Å². The summed E-state index contributed by atoms with van der Waals surface area (Å²) < 4.78 is 12.5. The van der Waals surface area contributed by atoms with Crippen LogP contribution in [-0.4, -0.2) is 19.1 Å². The molecule has 5 heterocycles. The molecule has 0 fully saturated rings. The summed E-state index contributed by atoms with van der Waals surface area (Å²) >= 11 is 1.74. The van der Waals surface area contributed by atoms with Crippen LogP contribution in [0.15, 0.2) is 174 Å². The van der Waals surface area contributed by atoms with E-state index in [9.17, 15) is 0 Å². The van der Waals surface area contributed by atoms with Gasteiger partial charge in [0.1, 0.15) is 16.0 Å². The van der Waals surface area contributed by atoms with E-state index >= 15 is 0 Å². The number of benzene rings is 9. The standard InChI is InChI=1S/C54H28N4OS/c1-2-14-32(15-3-1)57-38-20-10-19-36(46(38)37-27-30-11-4-5-12-31(30)28-41(37)57)52-48-35-16-6-7-22-44(35)60-53(48)56-54(55-52)58-39-21-9-18-34-33-17-8-13-29-23-25-42-50(45(29)33)51-43(59-42)26-24-40(58)49(51)47(34)39/h1-28H. The third-order valence-corrected chi connectivity index (χ3v) is 14.1. The fourth-order valence-electron chi connectivity index (χ4n) is 10.7. The van der Waals surface area contributed by atoms with Gasteiger partial charge in [-0.3, -0.25) is 4.57 Å². The summed E-state index contributed by atoms with van der Waals surface area (Å²) in [5.74, 6) is 0.654. The SMILES string of the molecule is c1ccc(-n2c3cc4ccccc4cc3c3c(-c4nc(-n5c6cccc7c6c6c8c(ccc65)oc5ccc6cccc-7c6c58)nc5sc6ccccc6c45)cccc32)cc1. The number of rotatable bonds is 3. The molecule has 1 aliphatic carbocycles. The van der Waals surface area contributed by atoms with Crippen LogP contribution in [-0.2, 0) is 0 Å². The van der Waals surface area contributed by atoms with Crippen molar-refractivity contribution in [1.29, 1.82) is 0 Å². The molecule has 1 aliphatic rings. The highest BCUT2D eigenvalue weighted by Gasteiger charge is 2.28. The van der Waals surface area contributed by atoms with Crippen molar-refractivity contribution in [2.75, 3.05) is 0 Å². The van der Waals surface area contributed by atoms with Gasteiger partial charge in [0, 0.05) is 64.4 Å². The molecule has 0 amide bonds. The maximum absolute atomic E-state index is 6.62. The molecule has 0 saturated carbocycles. The highest BCUT2D eigenvalue weighted by Crippen LogP contribution is 2.51. The summed E-state index contributed by atoms with van der Waals surface area (Å²) in [5.41, 5.74) is 11.8. The van der Waals surface area contributed by atoms with Crippen LogP contribution in [0.5, 0.6) is 0 Å². The summed E-state index contributed by atoms with van der Waals surface area (Å²) in [6.45, 7) is 0. The summed E-state index contributed by atoms with van der Waals surface area (Å²) in [6.07, 6.45) is 0. The predicted octanol–water partition coefficient (Wildman–Crippen LogP) is 14.9. The van der Waals surface area contributed by atoms with Gasteiger partial charge in [-0.2, -0.15) is 0 Å². The average molecular weight is 781 g/mol. The van der Waals surface area contributed by atoms with Crippen LogP contribution >= 0.6 is 11.3 Å². The first-order valence-electron chi connectivity index (χ1n) is 20.3. The van der Waals surface area contributed by atoms with E-state index < -0.39 is 0 Å². The van der Waals surface area contributed by atoms with Crippen LogP contribution in [0.3, 0.4) is 0 Å². The first-order chi connectivity index (χ1) is 29.8. The van der Waals surface area contributed by atoms with E-state index in [1.807, 2.05) is 0 Å². The largest absolute Gasteiger partial charge is 0.456 e. The number of hydrogen-bond donors (Lipinski definition) is 0. The molecular formula is C54H28N4OS. The first-order valence-corrected chi connectivity index (χ1v) is 21.1. The van der Waals surface area contributed by atoms with E-state index in [2.05, 4.69) is 179 Å². The molecule has 276 valence electrons. The summed E-state index contributed by atoms with van der Waals surface area (Å²) in [6, 6.07) is 61.5. The molecule has 0 N–H and O–H groups in total. The summed E-state index contributed by atoms with van der Waals surface area (Å²) in [7, 11) is 0. The third-order valence-electron chi connectivity index (χ3n) is 13.0. The first kappa shape index (κ1) is 31.2. The minimum atomic E-state index is 0.654. The zero-order chi connectivity index (χ0) is 38.8. The number of fused-ring (bicyclic) bond motifs is 8. The van der Waals surface area contributed by atoms with Gasteiger partial charge < -0.3 is 8.98 Å². The van der Waals surface area contributed by atoms with E-state index in [0.717, 1.165) is 65.8 Å². The number of hydrogen-bond acceptors (Lipinski definition) is 4. The summed E-state index contributed by atoms with van der Waals surface area (Å²) in [4.78, 5) is 12.3. The average Bonchev–Trinajstić information content (AvgIpc) is 4.03. The molecule has 0 bridgehead atoms. The van der Waals surface area contributed by atoms with Gasteiger partial charge in [-0.05, 0) is 87.9 Å². The quantitative estimate of drug-likeness (QED) is 0.179. The number of para-hydroxylation sites is 1. The molecule has 0 aliphatic heterocycles. The Morgan fingerprint density at radius 3 is 1.93 bits per heavy atom. The lowest BCUT2D eigenvalue weighted by molar-refractivity contribution is 0.669. The minimum Gasteiger partial charge on any atom is -0.456 e. The number of aromatic nitrogens is 4. The van der Waals surface area contributed by atoms with Crippen molar-refractivity contribution < 1.29 is 4.42 Å². The Morgan fingerprint density at radius 2 is 1.07 bits per heavy atom. The van der Waals surface area contributed by atoms with Gasteiger partial charge in [0.25, 0.3) is 0 Å². The Hall–Kier alpha value is -7.80. The van der Waals surface area contributed by atoms with Crippen LogP contribution in [0.1, 0.15) is 0 Å². The van der Waals surface area contributed by atoms with Gasteiger partial charge in [-0.15, -0.1) is 11.3 Å². The Labute approximate surface area is 344 Å². The molecule has 0 spiro atoms. The maximum Gasteiger partial charge on any atom is 0.236 e. The van der Waals surface area contributed by atoms with Crippen molar-refractivity contribution in [3.63, 3.8) is 0 Å². The van der Waals surface area contributed by atoms with Crippen molar-refractivity contribution in [2.24, 2.45) is 0 Å². The lowest BCUT2D eigenvalue weighted by Gasteiger charge is -2.13. The zero-order valence-corrected chi connectivity index (χ0v) is 32.6. The zero-order valence-electron chi connectivity index (χ0n) is 31.8. The Kier molecular flexibility index (Phi) is 5.74. The normalized spacial score (nSPS) is 12.7.